The largest absolute Gasteiger partial charge is 0.327 e. The second kappa shape index (κ2) is 5.96. The van der Waals surface area contributed by atoms with E-state index >= 15 is 0 Å². The molecule has 1 unspecified atom stereocenters. The Morgan fingerprint density at radius 1 is 1.35 bits per heavy atom. The van der Waals surface area contributed by atoms with Gasteiger partial charge in [-0.1, -0.05) is 47.7 Å². The maximum Gasteiger partial charge on any atom is 0.124 e. The second-order valence-corrected chi connectivity index (χ2v) is 5.94. The van der Waals surface area contributed by atoms with E-state index in [0.717, 1.165) is 28.8 Å². The van der Waals surface area contributed by atoms with E-state index in [1.54, 1.807) is 0 Å². The Hall–Kier alpha value is -0.410. The molecule has 1 aromatic rings. The molecule has 1 saturated carbocycles. The maximum atomic E-state index is 13.0. The summed E-state index contributed by atoms with van der Waals surface area (Å²) >= 11 is 3.39. The zero-order valence-electron chi connectivity index (χ0n) is 9.96. The molecule has 1 atom stereocenters. The van der Waals surface area contributed by atoms with Gasteiger partial charge in [-0.15, -0.1) is 0 Å². The first-order chi connectivity index (χ1) is 8.15. The fourth-order valence-corrected chi connectivity index (χ4v) is 3.24. The van der Waals surface area contributed by atoms with Crippen molar-refractivity contribution in [2.24, 2.45) is 11.7 Å². The molecule has 0 amide bonds. The number of hydrogen-bond donors (Lipinski definition) is 1. The van der Waals surface area contributed by atoms with E-state index in [1.165, 1.54) is 37.8 Å². The van der Waals surface area contributed by atoms with Gasteiger partial charge in [0.1, 0.15) is 5.82 Å². The van der Waals surface area contributed by atoms with E-state index in [-0.39, 0.29) is 11.9 Å². The number of halogens is 2. The molecule has 0 spiro atoms. The lowest BCUT2D eigenvalue weighted by atomic mass is 9.94. The number of rotatable bonds is 4. The zero-order chi connectivity index (χ0) is 12.3. The Kier molecular flexibility index (Phi) is 4.57. The highest BCUT2D eigenvalue weighted by Gasteiger charge is 2.18. The molecule has 1 aromatic carbocycles. The predicted molar refractivity (Wildman–Crippen MR) is 72.4 cm³/mol. The topological polar surface area (TPSA) is 26.0 Å². The summed E-state index contributed by atoms with van der Waals surface area (Å²) in [5.74, 6) is 0.606. The first-order valence-electron chi connectivity index (χ1n) is 6.34. The summed E-state index contributed by atoms with van der Waals surface area (Å²) in [6, 6.07) is 5.04. The third kappa shape index (κ3) is 3.78. The van der Waals surface area contributed by atoms with Crippen molar-refractivity contribution in [2.45, 2.75) is 44.6 Å². The van der Waals surface area contributed by atoms with Crippen LogP contribution in [0.3, 0.4) is 0 Å². The fraction of sp³-hybridized carbons (Fsp3) is 0.571. The number of hydrogen-bond acceptors (Lipinski definition) is 1. The highest BCUT2D eigenvalue weighted by molar-refractivity contribution is 9.10. The fourth-order valence-electron chi connectivity index (χ4n) is 2.73. The molecule has 1 aliphatic carbocycles. The van der Waals surface area contributed by atoms with Gasteiger partial charge in [0.25, 0.3) is 0 Å². The Morgan fingerprint density at radius 3 is 2.71 bits per heavy atom. The van der Waals surface area contributed by atoms with Crippen molar-refractivity contribution in [3.05, 3.63) is 34.1 Å². The van der Waals surface area contributed by atoms with Crippen LogP contribution in [0, 0.1) is 11.7 Å². The van der Waals surface area contributed by atoms with Gasteiger partial charge in [0.05, 0.1) is 0 Å². The molecule has 17 heavy (non-hydrogen) atoms. The van der Waals surface area contributed by atoms with Crippen LogP contribution in [0.2, 0.25) is 0 Å². The Balaban J connectivity index is 1.90. The third-order valence-corrected chi connectivity index (χ3v) is 4.35. The molecule has 0 aliphatic heterocycles. The molecule has 1 fully saturated rings. The van der Waals surface area contributed by atoms with Crippen LogP contribution in [-0.4, -0.2) is 6.04 Å². The summed E-state index contributed by atoms with van der Waals surface area (Å²) in [5.41, 5.74) is 7.29. The number of nitrogens with two attached hydrogens (primary N) is 1. The molecule has 94 valence electrons. The van der Waals surface area contributed by atoms with E-state index < -0.39 is 0 Å². The third-order valence-electron chi connectivity index (χ3n) is 3.61. The summed E-state index contributed by atoms with van der Waals surface area (Å²) in [4.78, 5) is 0. The van der Waals surface area contributed by atoms with Crippen LogP contribution in [-0.2, 0) is 6.42 Å². The van der Waals surface area contributed by atoms with Crippen molar-refractivity contribution in [3.63, 3.8) is 0 Å². The standard InChI is InChI=1S/C14H19BrFN/c15-14-9-12(16)6-5-11(14)8-13(17)7-10-3-1-2-4-10/h5-6,9-10,13H,1-4,7-8,17H2. The van der Waals surface area contributed by atoms with E-state index in [0.29, 0.717) is 0 Å². The lowest BCUT2D eigenvalue weighted by molar-refractivity contribution is 0.440. The second-order valence-electron chi connectivity index (χ2n) is 5.09. The lowest BCUT2D eigenvalue weighted by Crippen LogP contribution is -2.25. The van der Waals surface area contributed by atoms with E-state index in [1.807, 2.05) is 6.07 Å². The van der Waals surface area contributed by atoms with Crippen LogP contribution in [0.25, 0.3) is 0 Å². The summed E-state index contributed by atoms with van der Waals surface area (Å²) in [6.07, 6.45) is 7.31. The van der Waals surface area contributed by atoms with Crippen molar-refractivity contribution in [1.29, 1.82) is 0 Å². The highest BCUT2D eigenvalue weighted by atomic mass is 79.9. The molecule has 1 nitrogen and oxygen atoms in total. The van der Waals surface area contributed by atoms with Gasteiger partial charge < -0.3 is 5.73 Å². The average Bonchev–Trinajstić information content (AvgIpc) is 2.75. The predicted octanol–water partition coefficient (Wildman–Crippen LogP) is 4.04. The molecule has 3 heteroatoms. The normalized spacial score (nSPS) is 18.5. The van der Waals surface area contributed by atoms with Crippen LogP contribution in [0.4, 0.5) is 4.39 Å². The average molecular weight is 300 g/mol. The summed E-state index contributed by atoms with van der Waals surface area (Å²) in [7, 11) is 0. The molecule has 2 rings (SSSR count). The van der Waals surface area contributed by atoms with Crippen LogP contribution in [0.1, 0.15) is 37.7 Å². The highest BCUT2D eigenvalue weighted by Crippen LogP contribution is 2.29. The number of benzene rings is 1. The van der Waals surface area contributed by atoms with Crippen molar-refractivity contribution in [3.8, 4) is 0 Å². The van der Waals surface area contributed by atoms with Gasteiger partial charge in [0.15, 0.2) is 0 Å². The first-order valence-corrected chi connectivity index (χ1v) is 7.14. The monoisotopic (exact) mass is 299 g/mol. The van der Waals surface area contributed by atoms with Crippen LogP contribution in [0.5, 0.6) is 0 Å². The summed E-state index contributed by atoms with van der Waals surface area (Å²) in [5, 5.41) is 0. The molecule has 2 N–H and O–H groups in total. The van der Waals surface area contributed by atoms with Gasteiger partial charge in [-0.25, -0.2) is 4.39 Å². The van der Waals surface area contributed by atoms with Crippen molar-refractivity contribution in [2.75, 3.05) is 0 Å². The molecular weight excluding hydrogens is 281 g/mol. The minimum atomic E-state index is -0.204. The van der Waals surface area contributed by atoms with Gasteiger partial charge in [-0.2, -0.15) is 0 Å². The van der Waals surface area contributed by atoms with Crippen LogP contribution >= 0.6 is 15.9 Å². The van der Waals surface area contributed by atoms with E-state index in [2.05, 4.69) is 15.9 Å². The molecule has 0 bridgehead atoms. The Labute approximate surface area is 111 Å². The van der Waals surface area contributed by atoms with Crippen LogP contribution in [0.15, 0.2) is 22.7 Å². The Bertz CT molecular complexity index is 374. The maximum absolute atomic E-state index is 13.0. The van der Waals surface area contributed by atoms with Crippen molar-refractivity contribution in [1.82, 2.24) is 0 Å². The Morgan fingerprint density at radius 2 is 2.06 bits per heavy atom. The van der Waals surface area contributed by atoms with Crippen LogP contribution < -0.4 is 5.73 Å². The molecule has 0 saturated heterocycles. The van der Waals surface area contributed by atoms with Crippen molar-refractivity contribution >= 4 is 15.9 Å². The van der Waals surface area contributed by atoms with Gasteiger partial charge in [-0.05, 0) is 36.5 Å². The SMILES string of the molecule is NC(Cc1ccc(F)cc1Br)CC1CCCC1. The molecule has 0 radical (unpaired) electrons. The van der Waals surface area contributed by atoms with Gasteiger partial charge in [0, 0.05) is 10.5 Å². The van der Waals surface area contributed by atoms with Crippen molar-refractivity contribution < 1.29 is 4.39 Å². The smallest absolute Gasteiger partial charge is 0.124 e. The molecule has 0 heterocycles. The van der Waals surface area contributed by atoms with E-state index in [9.17, 15) is 4.39 Å². The van der Waals surface area contributed by atoms with Gasteiger partial charge >= 0.3 is 0 Å². The lowest BCUT2D eigenvalue weighted by Gasteiger charge is -2.17. The molecular formula is C14H19BrFN. The summed E-state index contributed by atoms with van der Waals surface area (Å²) < 4.78 is 13.8. The van der Waals surface area contributed by atoms with Gasteiger partial charge in [0.2, 0.25) is 0 Å². The molecule has 1 aliphatic rings. The molecule has 0 aromatic heterocycles. The first kappa shape index (κ1) is 13.0. The van der Waals surface area contributed by atoms with Gasteiger partial charge in [-0.3, -0.25) is 0 Å². The van der Waals surface area contributed by atoms with E-state index in [4.69, 9.17) is 5.73 Å². The summed E-state index contributed by atoms with van der Waals surface area (Å²) in [6.45, 7) is 0. The minimum absolute atomic E-state index is 0.194. The minimum Gasteiger partial charge on any atom is -0.327 e. The quantitative estimate of drug-likeness (QED) is 0.892. The zero-order valence-corrected chi connectivity index (χ0v) is 11.5.